The first kappa shape index (κ1) is 12.4. The Labute approximate surface area is 95.0 Å². The molecule has 0 unspecified atom stereocenters. The summed E-state index contributed by atoms with van der Waals surface area (Å²) >= 11 is 5.73. The molecule has 5 nitrogen and oxygen atoms in total. The van der Waals surface area contributed by atoms with Gasteiger partial charge in [0.2, 0.25) is 0 Å². The first-order valence-corrected chi connectivity index (χ1v) is 5.41. The molecule has 0 saturated carbocycles. The third kappa shape index (κ3) is 4.15. The number of methoxy groups -OCH3 is 1. The molecule has 1 rings (SSSR count). The number of rotatable bonds is 7. The molecule has 0 aliphatic rings. The molecule has 6 heteroatoms. The van der Waals surface area contributed by atoms with E-state index in [1.165, 1.54) is 0 Å². The topological polar surface area (TPSA) is 43.2 Å². The largest absolute Gasteiger partial charge is 0.383 e. The molecule has 1 heterocycles. The van der Waals surface area contributed by atoms with Crippen LogP contribution in [-0.4, -0.2) is 52.4 Å². The van der Waals surface area contributed by atoms with Gasteiger partial charge in [-0.25, -0.2) is 4.98 Å². The van der Waals surface area contributed by atoms with Crippen molar-refractivity contribution < 1.29 is 4.74 Å². The van der Waals surface area contributed by atoms with Gasteiger partial charge in [0.1, 0.15) is 12.2 Å². The summed E-state index contributed by atoms with van der Waals surface area (Å²) in [7, 11) is 3.58. The maximum Gasteiger partial charge on any atom is 0.140 e. The molecule has 1 aromatic rings. The highest BCUT2D eigenvalue weighted by atomic mass is 35.5. The van der Waals surface area contributed by atoms with Gasteiger partial charge in [0, 0.05) is 33.1 Å². The second-order valence-electron chi connectivity index (χ2n) is 3.26. The van der Waals surface area contributed by atoms with E-state index in [-0.39, 0.29) is 0 Å². The van der Waals surface area contributed by atoms with Crippen LogP contribution in [0.2, 0.25) is 0 Å². The Balaban J connectivity index is 2.46. The Morgan fingerprint density at radius 2 is 2.33 bits per heavy atom. The summed E-state index contributed by atoms with van der Waals surface area (Å²) < 4.78 is 6.81. The summed E-state index contributed by atoms with van der Waals surface area (Å²) in [5, 5.41) is 4.02. The van der Waals surface area contributed by atoms with Gasteiger partial charge in [-0.3, -0.25) is 9.58 Å². The van der Waals surface area contributed by atoms with E-state index in [4.69, 9.17) is 16.3 Å². The first-order valence-electron chi connectivity index (χ1n) is 4.88. The molecule has 0 amide bonds. The van der Waals surface area contributed by atoms with E-state index in [0.29, 0.717) is 12.5 Å². The molecule has 0 N–H and O–H groups in total. The molecule has 0 aliphatic heterocycles. The van der Waals surface area contributed by atoms with Crippen molar-refractivity contribution >= 4 is 11.6 Å². The number of hydrogen-bond acceptors (Lipinski definition) is 4. The van der Waals surface area contributed by atoms with Gasteiger partial charge in [0.25, 0.3) is 0 Å². The molecule has 0 bridgehead atoms. The van der Waals surface area contributed by atoms with Gasteiger partial charge in [0.15, 0.2) is 0 Å². The molecule has 0 radical (unpaired) electrons. The Bertz CT molecular complexity index is 279. The van der Waals surface area contributed by atoms with E-state index in [0.717, 1.165) is 25.5 Å². The summed E-state index contributed by atoms with van der Waals surface area (Å²) in [6, 6.07) is 0. The van der Waals surface area contributed by atoms with E-state index in [1.807, 2.05) is 7.05 Å². The van der Waals surface area contributed by atoms with Crippen molar-refractivity contribution in [3.63, 3.8) is 0 Å². The Kier molecular flexibility index (Phi) is 5.60. The highest BCUT2D eigenvalue weighted by molar-refractivity contribution is 6.18. The molecule has 0 saturated heterocycles. The van der Waals surface area contributed by atoms with Crippen molar-refractivity contribution in [2.75, 3.05) is 32.7 Å². The first-order chi connectivity index (χ1) is 7.27. The number of ether oxygens (including phenoxy) is 1. The van der Waals surface area contributed by atoms with Crippen molar-refractivity contribution in [2.45, 2.75) is 6.54 Å². The summed E-state index contributed by atoms with van der Waals surface area (Å²) in [6.45, 7) is 3.15. The zero-order chi connectivity index (χ0) is 11.1. The smallest absolute Gasteiger partial charge is 0.140 e. The van der Waals surface area contributed by atoms with Gasteiger partial charge in [-0.05, 0) is 0 Å². The van der Waals surface area contributed by atoms with Crippen molar-refractivity contribution in [3.8, 4) is 0 Å². The van der Waals surface area contributed by atoms with Crippen LogP contribution < -0.4 is 0 Å². The average Bonchev–Trinajstić information content (AvgIpc) is 2.61. The summed E-state index contributed by atoms with van der Waals surface area (Å²) in [5.41, 5.74) is 0. The van der Waals surface area contributed by atoms with Crippen LogP contribution in [0.1, 0.15) is 5.82 Å². The fraction of sp³-hybridized carbons (Fsp3) is 0.778. The third-order valence-electron chi connectivity index (χ3n) is 2.18. The Hall–Kier alpha value is -0.650. The minimum atomic E-state index is 0.613. The predicted molar refractivity (Wildman–Crippen MR) is 58.9 cm³/mol. The number of aryl methyl sites for hydroxylation is 1. The SMILES string of the molecule is COCCN(CCCl)Cc1ncnn1C. The van der Waals surface area contributed by atoms with Gasteiger partial charge < -0.3 is 4.74 Å². The quantitative estimate of drug-likeness (QED) is 0.643. The van der Waals surface area contributed by atoms with Gasteiger partial charge in [-0.1, -0.05) is 0 Å². The van der Waals surface area contributed by atoms with E-state index in [9.17, 15) is 0 Å². The lowest BCUT2D eigenvalue weighted by atomic mass is 10.4. The van der Waals surface area contributed by atoms with Crippen LogP contribution in [0.3, 0.4) is 0 Å². The molecule has 1 aromatic heterocycles. The van der Waals surface area contributed by atoms with Gasteiger partial charge >= 0.3 is 0 Å². The molecule has 15 heavy (non-hydrogen) atoms. The van der Waals surface area contributed by atoms with Crippen molar-refractivity contribution in [1.29, 1.82) is 0 Å². The van der Waals surface area contributed by atoms with Crippen LogP contribution in [0.25, 0.3) is 0 Å². The van der Waals surface area contributed by atoms with Crippen LogP contribution in [0.5, 0.6) is 0 Å². The van der Waals surface area contributed by atoms with Crippen LogP contribution in [-0.2, 0) is 18.3 Å². The zero-order valence-corrected chi connectivity index (χ0v) is 9.94. The average molecular weight is 233 g/mol. The highest BCUT2D eigenvalue weighted by Gasteiger charge is 2.08. The highest BCUT2D eigenvalue weighted by Crippen LogP contribution is 2.00. The van der Waals surface area contributed by atoms with Crippen LogP contribution >= 0.6 is 11.6 Å². The molecule has 0 aromatic carbocycles. The van der Waals surface area contributed by atoms with Crippen molar-refractivity contribution in [2.24, 2.45) is 7.05 Å². The molecular weight excluding hydrogens is 216 g/mol. The maximum atomic E-state index is 5.73. The number of hydrogen-bond donors (Lipinski definition) is 0. The third-order valence-corrected chi connectivity index (χ3v) is 2.35. The molecule has 0 fully saturated rings. The number of nitrogens with zero attached hydrogens (tertiary/aromatic N) is 4. The summed E-state index contributed by atoms with van der Waals surface area (Å²) in [4.78, 5) is 6.37. The van der Waals surface area contributed by atoms with Gasteiger partial charge in [0.05, 0.1) is 13.2 Å². The molecule has 0 aliphatic carbocycles. The normalized spacial score (nSPS) is 11.2. The Morgan fingerprint density at radius 1 is 1.53 bits per heavy atom. The summed E-state index contributed by atoms with van der Waals surface area (Å²) in [5.74, 6) is 1.55. The molecule has 0 atom stereocenters. The fourth-order valence-electron chi connectivity index (χ4n) is 1.27. The van der Waals surface area contributed by atoms with Gasteiger partial charge in [-0.2, -0.15) is 5.10 Å². The standard InChI is InChI=1S/C9H17ClN4O/c1-13-9(11-8-12-13)7-14(4-3-10)5-6-15-2/h8H,3-7H2,1-2H3. The fourth-order valence-corrected chi connectivity index (χ4v) is 1.51. The van der Waals surface area contributed by atoms with Crippen LogP contribution in [0, 0.1) is 0 Å². The van der Waals surface area contributed by atoms with E-state index in [1.54, 1.807) is 18.1 Å². The zero-order valence-electron chi connectivity index (χ0n) is 9.19. The van der Waals surface area contributed by atoms with Crippen molar-refractivity contribution in [1.82, 2.24) is 19.7 Å². The number of alkyl halides is 1. The molecular formula is C9H17ClN4O. The van der Waals surface area contributed by atoms with Crippen molar-refractivity contribution in [3.05, 3.63) is 12.2 Å². The second kappa shape index (κ2) is 6.76. The maximum absolute atomic E-state index is 5.73. The van der Waals surface area contributed by atoms with Gasteiger partial charge in [-0.15, -0.1) is 11.6 Å². The van der Waals surface area contributed by atoms with E-state index >= 15 is 0 Å². The second-order valence-corrected chi connectivity index (χ2v) is 3.64. The lowest BCUT2D eigenvalue weighted by Crippen LogP contribution is -2.30. The van der Waals surface area contributed by atoms with E-state index < -0.39 is 0 Å². The monoisotopic (exact) mass is 232 g/mol. The van der Waals surface area contributed by atoms with Crippen LogP contribution in [0.15, 0.2) is 6.33 Å². The minimum Gasteiger partial charge on any atom is -0.383 e. The van der Waals surface area contributed by atoms with Crippen LogP contribution in [0.4, 0.5) is 0 Å². The predicted octanol–water partition coefficient (Wildman–Crippen LogP) is 0.502. The van der Waals surface area contributed by atoms with E-state index in [2.05, 4.69) is 15.0 Å². The lowest BCUT2D eigenvalue weighted by molar-refractivity contribution is 0.145. The minimum absolute atomic E-state index is 0.613. The number of halogens is 1. The number of aromatic nitrogens is 3. The lowest BCUT2D eigenvalue weighted by Gasteiger charge is -2.19. The summed E-state index contributed by atoms with van der Waals surface area (Å²) in [6.07, 6.45) is 1.56. The molecule has 86 valence electrons. The Morgan fingerprint density at radius 3 is 2.87 bits per heavy atom. The molecule has 0 spiro atoms.